The molecule has 1 N–H and O–H groups in total. The summed E-state index contributed by atoms with van der Waals surface area (Å²) in [6.07, 6.45) is 8.48. The van der Waals surface area contributed by atoms with Crippen LogP contribution in [0.25, 0.3) is 0 Å². The predicted molar refractivity (Wildman–Crippen MR) is 53.5 cm³/mol. The third kappa shape index (κ3) is 2.13. The summed E-state index contributed by atoms with van der Waals surface area (Å²) in [5, 5.41) is 2.62. The summed E-state index contributed by atoms with van der Waals surface area (Å²) in [5.41, 5.74) is 0. The maximum Gasteiger partial charge on any atom is 0.243 e. The maximum atomic E-state index is 11.5. The van der Waals surface area contributed by atoms with Crippen LogP contribution in [-0.2, 0) is 4.79 Å². The number of hydrogen-bond donors (Lipinski definition) is 1. The average molecular weight is 191 g/mol. The molecular formula is C10H13N3O. The first kappa shape index (κ1) is 10.3. The number of nitrogens with one attached hydrogen (secondary N) is 1. The number of nitrogens with zero attached hydrogens (tertiary/aromatic N) is 2. The zero-order valence-corrected chi connectivity index (χ0v) is 8.32. The lowest BCUT2D eigenvalue weighted by molar-refractivity contribution is -0.123. The molecule has 4 nitrogen and oxygen atoms in total. The van der Waals surface area contributed by atoms with E-state index in [0.29, 0.717) is 0 Å². The second kappa shape index (κ2) is 4.47. The van der Waals surface area contributed by atoms with E-state index < -0.39 is 0 Å². The Balaban J connectivity index is 2.67. The highest BCUT2D eigenvalue weighted by molar-refractivity contribution is 5.80. The number of rotatable bonds is 3. The molecule has 0 fully saturated rings. The summed E-state index contributed by atoms with van der Waals surface area (Å²) in [4.78, 5) is 15.5. The van der Waals surface area contributed by atoms with Crippen LogP contribution in [0.5, 0.6) is 0 Å². The van der Waals surface area contributed by atoms with Crippen molar-refractivity contribution >= 4 is 5.91 Å². The third-order valence-corrected chi connectivity index (χ3v) is 2.02. The normalized spacial score (nSPS) is 11.8. The number of carbonyl (C=O) groups is 1. The van der Waals surface area contributed by atoms with E-state index in [0.717, 1.165) is 5.82 Å². The maximum absolute atomic E-state index is 11.5. The zero-order valence-electron chi connectivity index (χ0n) is 8.32. The van der Waals surface area contributed by atoms with Gasteiger partial charge in [-0.05, 0) is 13.8 Å². The van der Waals surface area contributed by atoms with Crippen molar-refractivity contribution in [2.24, 2.45) is 0 Å². The quantitative estimate of drug-likeness (QED) is 0.707. The van der Waals surface area contributed by atoms with Crippen molar-refractivity contribution < 1.29 is 4.79 Å². The molecule has 0 saturated carbocycles. The highest BCUT2D eigenvalue weighted by atomic mass is 16.2. The van der Waals surface area contributed by atoms with Gasteiger partial charge in [0.05, 0.1) is 6.54 Å². The van der Waals surface area contributed by atoms with Crippen molar-refractivity contribution in [1.29, 1.82) is 0 Å². The molecule has 0 aliphatic carbocycles. The molecule has 0 aromatic carbocycles. The Labute approximate surface area is 83.3 Å². The summed E-state index contributed by atoms with van der Waals surface area (Å²) >= 11 is 0. The molecule has 0 aliphatic heterocycles. The lowest BCUT2D eigenvalue weighted by atomic mass is 10.3. The molecule has 14 heavy (non-hydrogen) atoms. The van der Waals surface area contributed by atoms with Gasteiger partial charge < -0.3 is 9.88 Å². The minimum Gasteiger partial charge on any atom is -0.343 e. The van der Waals surface area contributed by atoms with Crippen LogP contribution in [0.2, 0.25) is 0 Å². The minimum absolute atomic E-state index is 0.0935. The fourth-order valence-electron chi connectivity index (χ4n) is 1.21. The number of amides is 1. The van der Waals surface area contributed by atoms with Crippen LogP contribution < -0.4 is 5.32 Å². The van der Waals surface area contributed by atoms with E-state index in [1.165, 1.54) is 0 Å². The van der Waals surface area contributed by atoms with E-state index in [4.69, 9.17) is 6.42 Å². The van der Waals surface area contributed by atoms with E-state index in [1.54, 1.807) is 23.9 Å². The molecule has 1 amide bonds. The highest BCUT2D eigenvalue weighted by Gasteiger charge is 2.14. The summed E-state index contributed by atoms with van der Waals surface area (Å²) in [5.74, 6) is 3.08. The number of aryl methyl sites for hydroxylation is 1. The third-order valence-electron chi connectivity index (χ3n) is 2.02. The molecule has 74 valence electrons. The Morgan fingerprint density at radius 3 is 3.07 bits per heavy atom. The average Bonchev–Trinajstić information content (AvgIpc) is 2.59. The van der Waals surface area contributed by atoms with Crippen LogP contribution in [0.1, 0.15) is 18.8 Å². The van der Waals surface area contributed by atoms with Crippen molar-refractivity contribution in [3.05, 3.63) is 18.2 Å². The molecule has 1 unspecified atom stereocenters. The number of hydrogen-bond acceptors (Lipinski definition) is 2. The fourth-order valence-corrected chi connectivity index (χ4v) is 1.21. The predicted octanol–water partition coefficient (Wildman–Crippen LogP) is 0.502. The Morgan fingerprint density at radius 1 is 1.86 bits per heavy atom. The SMILES string of the molecule is C#CCNC(=O)C(C)n1ccnc1C. The van der Waals surface area contributed by atoms with E-state index in [1.807, 2.05) is 6.92 Å². The first-order valence-corrected chi connectivity index (χ1v) is 4.37. The molecule has 0 aliphatic rings. The summed E-state index contributed by atoms with van der Waals surface area (Å²) in [7, 11) is 0. The van der Waals surface area contributed by atoms with Gasteiger partial charge in [0.15, 0.2) is 0 Å². The zero-order chi connectivity index (χ0) is 10.6. The molecule has 0 bridgehead atoms. The van der Waals surface area contributed by atoms with Crippen LogP contribution in [0.15, 0.2) is 12.4 Å². The van der Waals surface area contributed by atoms with E-state index in [2.05, 4.69) is 16.2 Å². The molecule has 1 aromatic rings. The monoisotopic (exact) mass is 191 g/mol. The van der Waals surface area contributed by atoms with E-state index >= 15 is 0 Å². The first-order chi connectivity index (χ1) is 6.66. The molecule has 1 rings (SSSR count). The van der Waals surface area contributed by atoms with Crippen LogP contribution in [0, 0.1) is 19.3 Å². The van der Waals surface area contributed by atoms with Gasteiger partial charge in [-0.2, -0.15) is 0 Å². The second-order valence-electron chi connectivity index (χ2n) is 2.98. The summed E-state index contributed by atoms with van der Waals surface area (Å²) < 4.78 is 1.80. The molecule has 1 aromatic heterocycles. The number of carbonyl (C=O) groups excluding carboxylic acids is 1. The van der Waals surface area contributed by atoms with Crippen LogP contribution in [0.3, 0.4) is 0 Å². The topological polar surface area (TPSA) is 46.9 Å². The minimum atomic E-state index is -0.272. The van der Waals surface area contributed by atoms with Crippen molar-refractivity contribution in [1.82, 2.24) is 14.9 Å². The Kier molecular flexibility index (Phi) is 3.29. The van der Waals surface area contributed by atoms with Gasteiger partial charge in [-0.15, -0.1) is 6.42 Å². The van der Waals surface area contributed by atoms with Crippen molar-refractivity contribution in [3.8, 4) is 12.3 Å². The molecular weight excluding hydrogens is 178 g/mol. The molecule has 1 atom stereocenters. The van der Waals surface area contributed by atoms with Crippen LogP contribution in [-0.4, -0.2) is 22.0 Å². The Bertz CT molecular complexity index is 362. The molecule has 0 radical (unpaired) electrons. The van der Waals surface area contributed by atoms with Gasteiger partial charge in [0.25, 0.3) is 0 Å². The molecule has 1 heterocycles. The van der Waals surface area contributed by atoms with Crippen molar-refractivity contribution in [2.75, 3.05) is 6.54 Å². The summed E-state index contributed by atoms with van der Waals surface area (Å²) in [6, 6.07) is -0.272. The highest BCUT2D eigenvalue weighted by Crippen LogP contribution is 2.07. The van der Waals surface area contributed by atoms with Crippen molar-refractivity contribution in [2.45, 2.75) is 19.9 Å². The van der Waals surface area contributed by atoms with Gasteiger partial charge in [-0.3, -0.25) is 4.79 Å². The number of terminal acetylenes is 1. The Morgan fingerprint density at radius 2 is 2.57 bits per heavy atom. The van der Waals surface area contributed by atoms with Crippen LogP contribution in [0.4, 0.5) is 0 Å². The van der Waals surface area contributed by atoms with Gasteiger partial charge in [0, 0.05) is 12.4 Å². The van der Waals surface area contributed by atoms with E-state index in [-0.39, 0.29) is 18.5 Å². The van der Waals surface area contributed by atoms with Gasteiger partial charge >= 0.3 is 0 Å². The molecule has 0 saturated heterocycles. The van der Waals surface area contributed by atoms with Crippen LogP contribution >= 0.6 is 0 Å². The lowest BCUT2D eigenvalue weighted by Crippen LogP contribution is -2.31. The van der Waals surface area contributed by atoms with Gasteiger partial charge in [0.1, 0.15) is 11.9 Å². The molecule has 4 heteroatoms. The smallest absolute Gasteiger partial charge is 0.243 e. The lowest BCUT2D eigenvalue weighted by Gasteiger charge is -2.13. The van der Waals surface area contributed by atoms with Crippen molar-refractivity contribution in [3.63, 3.8) is 0 Å². The van der Waals surface area contributed by atoms with Gasteiger partial charge in [-0.1, -0.05) is 5.92 Å². The van der Waals surface area contributed by atoms with Gasteiger partial charge in [-0.25, -0.2) is 4.98 Å². The number of imidazole rings is 1. The fraction of sp³-hybridized carbons (Fsp3) is 0.400. The standard InChI is InChI=1S/C10H13N3O/c1-4-5-12-10(14)8(2)13-7-6-11-9(13)3/h1,6-8H,5H2,2-3H3,(H,12,14). The summed E-state index contributed by atoms with van der Waals surface area (Å²) in [6.45, 7) is 3.92. The second-order valence-corrected chi connectivity index (χ2v) is 2.98. The number of aromatic nitrogens is 2. The molecule has 0 spiro atoms. The van der Waals surface area contributed by atoms with Gasteiger partial charge in [0.2, 0.25) is 5.91 Å². The van der Waals surface area contributed by atoms with E-state index in [9.17, 15) is 4.79 Å². The Hall–Kier alpha value is -1.76. The first-order valence-electron chi connectivity index (χ1n) is 4.37. The largest absolute Gasteiger partial charge is 0.343 e.